The Morgan fingerprint density at radius 2 is 1.75 bits per heavy atom. The molecule has 0 aliphatic rings. The molecular weight excluding hydrogens is 370 g/mol. The summed E-state index contributed by atoms with van der Waals surface area (Å²) in [6, 6.07) is 13.6. The molecule has 3 rings (SSSR count). The first-order valence-electron chi connectivity index (χ1n) is 7.80. The predicted molar refractivity (Wildman–Crippen MR) is 97.3 cm³/mol. The third-order valence-electron chi connectivity index (χ3n) is 3.42. The molecule has 2 aromatic carbocycles. The molecule has 0 unspecified atom stereocenters. The Morgan fingerprint density at radius 1 is 1.00 bits per heavy atom. The highest BCUT2D eigenvalue weighted by atomic mass is 79.9. The lowest BCUT2D eigenvalue weighted by molar-refractivity contribution is 0.288. The van der Waals surface area contributed by atoms with E-state index in [2.05, 4.69) is 31.1 Å². The van der Waals surface area contributed by atoms with Gasteiger partial charge >= 0.3 is 0 Å². The molecule has 1 aromatic heterocycles. The number of aromatic amines is 1. The second kappa shape index (κ2) is 7.49. The molecule has 6 heteroatoms. The van der Waals surface area contributed by atoms with Crippen LogP contribution in [0.5, 0.6) is 11.5 Å². The number of ether oxygens (including phenoxy) is 2. The first-order chi connectivity index (χ1) is 11.7. The van der Waals surface area contributed by atoms with Crippen LogP contribution in [0.2, 0.25) is 0 Å². The second-order valence-corrected chi connectivity index (χ2v) is 5.87. The SMILES string of the molecule is CCOc1ccc(-c2n[nH]c(-c3ccccc3Br)n2)cc1OCC. The zero-order valence-corrected chi connectivity index (χ0v) is 15.1. The Balaban J connectivity index is 1.95. The number of H-pyrrole nitrogens is 1. The van der Waals surface area contributed by atoms with Gasteiger partial charge in [-0.25, -0.2) is 4.98 Å². The number of hydrogen-bond acceptors (Lipinski definition) is 4. The average molecular weight is 388 g/mol. The summed E-state index contributed by atoms with van der Waals surface area (Å²) in [4.78, 5) is 4.60. The van der Waals surface area contributed by atoms with Gasteiger partial charge in [-0.2, -0.15) is 5.10 Å². The van der Waals surface area contributed by atoms with Crippen molar-refractivity contribution in [2.24, 2.45) is 0 Å². The monoisotopic (exact) mass is 387 g/mol. The zero-order chi connectivity index (χ0) is 16.9. The first kappa shape index (κ1) is 16.5. The molecule has 0 amide bonds. The molecule has 0 saturated carbocycles. The maximum Gasteiger partial charge on any atom is 0.181 e. The number of aromatic nitrogens is 3. The van der Waals surface area contributed by atoms with E-state index >= 15 is 0 Å². The minimum absolute atomic E-state index is 0.569. The highest BCUT2D eigenvalue weighted by Gasteiger charge is 2.13. The highest BCUT2D eigenvalue weighted by molar-refractivity contribution is 9.10. The smallest absolute Gasteiger partial charge is 0.181 e. The minimum atomic E-state index is 0.569. The summed E-state index contributed by atoms with van der Waals surface area (Å²) in [7, 11) is 0. The molecule has 0 atom stereocenters. The van der Waals surface area contributed by atoms with Crippen LogP contribution in [0.1, 0.15) is 13.8 Å². The summed E-state index contributed by atoms with van der Waals surface area (Å²) in [5.41, 5.74) is 1.84. The summed E-state index contributed by atoms with van der Waals surface area (Å²) < 4.78 is 12.2. The average Bonchev–Trinajstić information content (AvgIpc) is 3.07. The van der Waals surface area contributed by atoms with Crippen LogP contribution in [-0.4, -0.2) is 28.4 Å². The molecule has 0 saturated heterocycles. The van der Waals surface area contributed by atoms with Crippen LogP contribution >= 0.6 is 15.9 Å². The number of hydrogen-bond donors (Lipinski definition) is 1. The molecule has 0 fully saturated rings. The molecular formula is C18H18BrN3O2. The maximum atomic E-state index is 5.66. The third-order valence-corrected chi connectivity index (χ3v) is 4.11. The number of nitrogens with one attached hydrogen (secondary N) is 1. The molecule has 0 aliphatic carbocycles. The number of rotatable bonds is 6. The summed E-state index contributed by atoms with van der Waals surface area (Å²) in [6.07, 6.45) is 0. The van der Waals surface area contributed by atoms with E-state index in [0.717, 1.165) is 21.3 Å². The maximum absolute atomic E-state index is 5.66. The Labute approximate surface area is 149 Å². The van der Waals surface area contributed by atoms with Gasteiger partial charge in [0, 0.05) is 15.6 Å². The normalized spacial score (nSPS) is 10.6. The molecule has 0 spiro atoms. The van der Waals surface area contributed by atoms with Crippen molar-refractivity contribution in [2.45, 2.75) is 13.8 Å². The lowest BCUT2D eigenvalue weighted by Crippen LogP contribution is -1.98. The van der Waals surface area contributed by atoms with E-state index < -0.39 is 0 Å². The van der Waals surface area contributed by atoms with E-state index in [1.165, 1.54) is 0 Å². The second-order valence-electron chi connectivity index (χ2n) is 5.02. The lowest BCUT2D eigenvalue weighted by atomic mass is 10.2. The minimum Gasteiger partial charge on any atom is -0.490 e. The van der Waals surface area contributed by atoms with Gasteiger partial charge in [0.25, 0.3) is 0 Å². The van der Waals surface area contributed by atoms with Crippen molar-refractivity contribution in [3.63, 3.8) is 0 Å². The van der Waals surface area contributed by atoms with Gasteiger partial charge in [0.2, 0.25) is 0 Å². The van der Waals surface area contributed by atoms with Crippen molar-refractivity contribution in [3.8, 4) is 34.3 Å². The number of halogens is 1. The van der Waals surface area contributed by atoms with E-state index in [0.29, 0.717) is 30.6 Å². The van der Waals surface area contributed by atoms with Crippen LogP contribution < -0.4 is 9.47 Å². The molecule has 0 aliphatic heterocycles. The van der Waals surface area contributed by atoms with Gasteiger partial charge < -0.3 is 9.47 Å². The fourth-order valence-corrected chi connectivity index (χ4v) is 2.83. The predicted octanol–water partition coefficient (Wildman–Crippen LogP) is 4.70. The molecule has 3 aromatic rings. The van der Waals surface area contributed by atoms with Crippen LogP contribution in [0, 0.1) is 0 Å². The molecule has 124 valence electrons. The standard InChI is InChI=1S/C18H18BrN3O2/c1-3-23-15-10-9-12(11-16(15)24-4-2)17-20-18(22-21-17)13-7-5-6-8-14(13)19/h5-11H,3-4H2,1-2H3,(H,20,21,22). The quantitative estimate of drug-likeness (QED) is 0.665. The Bertz CT molecular complexity index is 833. The molecule has 1 heterocycles. The molecule has 0 radical (unpaired) electrons. The van der Waals surface area contributed by atoms with E-state index in [9.17, 15) is 0 Å². The van der Waals surface area contributed by atoms with E-state index in [-0.39, 0.29) is 0 Å². The van der Waals surface area contributed by atoms with Gasteiger partial charge in [-0.1, -0.05) is 34.1 Å². The van der Waals surface area contributed by atoms with Crippen LogP contribution in [-0.2, 0) is 0 Å². The summed E-state index contributed by atoms with van der Waals surface area (Å²) in [5, 5.41) is 7.32. The first-order valence-corrected chi connectivity index (χ1v) is 8.59. The zero-order valence-electron chi connectivity index (χ0n) is 13.5. The molecule has 0 bridgehead atoms. The van der Waals surface area contributed by atoms with Crippen molar-refractivity contribution in [1.29, 1.82) is 0 Å². The lowest BCUT2D eigenvalue weighted by Gasteiger charge is -2.11. The van der Waals surface area contributed by atoms with Gasteiger partial charge in [-0.3, -0.25) is 5.10 Å². The highest BCUT2D eigenvalue weighted by Crippen LogP contribution is 2.33. The molecule has 5 nitrogen and oxygen atoms in total. The molecule has 24 heavy (non-hydrogen) atoms. The van der Waals surface area contributed by atoms with Crippen molar-refractivity contribution in [2.75, 3.05) is 13.2 Å². The van der Waals surface area contributed by atoms with Crippen LogP contribution in [0.3, 0.4) is 0 Å². The van der Waals surface area contributed by atoms with E-state index in [4.69, 9.17) is 9.47 Å². The summed E-state index contributed by atoms with van der Waals surface area (Å²) >= 11 is 3.53. The fraction of sp³-hybridized carbons (Fsp3) is 0.222. The van der Waals surface area contributed by atoms with Gasteiger partial charge in [0.15, 0.2) is 23.1 Å². The van der Waals surface area contributed by atoms with Crippen LogP contribution in [0.15, 0.2) is 46.9 Å². The van der Waals surface area contributed by atoms with E-state index in [1.807, 2.05) is 56.3 Å². The van der Waals surface area contributed by atoms with Crippen LogP contribution in [0.4, 0.5) is 0 Å². The molecule has 1 N–H and O–H groups in total. The van der Waals surface area contributed by atoms with Gasteiger partial charge in [0.1, 0.15) is 0 Å². The number of nitrogens with zero attached hydrogens (tertiary/aromatic N) is 2. The van der Waals surface area contributed by atoms with Crippen molar-refractivity contribution in [3.05, 3.63) is 46.9 Å². The Morgan fingerprint density at radius 3 is 2.50 bits per heavy atom. The van der Waals surface area contributed by atoms with Gasteiger partial charge in [-0.15, -0.1) is 0 Å². The Kier molecular flexibility index (Phi) is 5.15. The van der Waals surface area contributed by atoms with Gasteiger partial charge in [0.05, 0.1) is 13.2 Å². The third kappa shape index (κ3) is 3.43. The van der Waals surface area contributed by atoms with Crippen molar-refractivity contribution >= 4 is 15.9 Å². The van der Waals surface area contributed by atoms with Crippen LogP contribution in [0.25, 0.3) is 22.8 Å². The Hall–Kier alpha value is -2.34. The largest absolute Gasteiger partial charge is 0.490 e. The summed E-state index contributed by atoms with van der Waals surface area (Å²) in [5.74, 6) is 2.75. The van der Waals surface area contributed by atoms with E-state index in [1.54, 1.807) is 0 Å². The number of benzene rings is 2. The van der Waals surface area contributed by atoms with Crippen molar-refractivity contribution in [1.82, 2.24) is 15.2 Å². The topological polar surface area (TPSA) is 60.0 Å². The summed E-state index contributed by atoms with van der Waals surface area (Å²) in [6.45, 7) is 5.05. The fourth-order valence-electron chi connectivity index (χ4n) is 2.35. The van der Waals surface area contributed by atoms with Crippen molar-refractivity contribution < 1.29 is 9.47 Å². The van der Waals surface area contributed by atoms with Gasteiger partial charge in [-0.05, 0) is 38.1 Å².